The zero-order valence-electron chi connectivity index (χ0n) is 8.69. The van der Waals surface area contributed by atoms with Gasteiger partial charge in [0.05, 0.1) is 0 Å². The van der Waals surface area contributed by atoms with Crippen molar-refractivity contribution in [2.24, 2.45) is 0 Å². The van der Waals surface area contributed by atoms with Gasteiger partial charge < -0.3 is 0 Å². The van der Waals surface area contributed by atoms with Crippen molar-refractivity contribution in [3.8, 4) is 0 Å². The minimum atomic E-state index is -1.04. The topological polar surface area (TPSA) is 40.6 Å². The summed E-state index contributed by atoms with van der Waals surface area (Å²) in [7, 11) is 0. The van der Waals surface area contributed by atoms with Crippen molar-refractivity contribution >= 4 is 35.5 Å². The van der Waals surface area contributed by atoms with E-state index < -0.39 is 17.5 Å². The summed E-state index contributed by atoms with van der Waals surface area (Å²) in [6.07, 6.45) is 0.834. The summed E-state index contributed by atoms with van der Waals surface area (Å²) < 4.78 is 1.50. The molecule has 4 nitrogen and oxygen atoms in total. The molecule has 2 aliphatic rings. The molecule has 3 rings (SSSR count). The van der Waals surface area contributed by atoms with Crippen LogP contribution in [0.5, 0.6) is 0 Å². The highest BCUT2D eigenvalue weighted by Gasteiger charge is 2.59. The second-order valence-electron chi connectivity index (χ2n) is 4.30. The van der Waals surface area contributed by atoms with Crippen LogP contribution in [0.1, 0.15) is 11.1 Å². The number of hydrogen-bond donors (Lipinski definition) is 0. The lowest BCUT2D eigenvalue weighted by molar-refractivity contribution is -0.128. The fourth-order valence-corrected chi connectivity index (χ4v) is 3.04. The summed E-state index contributed by atoms with van der Waals surface area (Å²) in [5, 5.41) is 0. The largest absolute Gasteiger partial charge is 0.357 e. The molecular formula is C11H8Cl2N2O2. The van der Waals surface area contributed by atoms with Crippen LogP contribution in [0.3, 0.4) is 0 Å². The van der Waals surface area contributed by atoms with E-state index in [1.54, 1.807) is 0 Å². The Bertz CT molecular complexity index is 507. The lowest BCUT2D eigenvalue weighted by atomic mass is 9.96. The molecule has 88 valence electrons. The van der Waals surface area contributed by atoms with Crippen molar-refractivity contribution in [3.63, 3.8) is 0 Å². The Morgan fingerprint density at radius 3 is 2.00 bits per heavy atom. The first kappa shape index (κ1) is 10.9. The second-order valence-corrected chi connectivity index (χ2v) is 4.98. The predicted octanol–water partition coefficient (Wildman–Crippen LogP) is 2.10. The number of urea groups is 1. The average molecular weight is 271 g/mol. The Morgan fingerprint density at radius 1 is 1.06 bits per heavy atom. The zero-order chi connectivity index (χ0) is 12.2. The van der Waals surface area contributed by atoms with Crippen LogP contribution in [0, 0.1) is 0 Å². The summed E-state index contributed by atoms with van der Waals surface area (Å²) in [5.74, 6) is -0.449. The molecule has 17 heavy (non-hydrogen) atoms. The third-order valence-corrected chi connectivity index (χ3v) is 4.14. The minimum Gasteiger partial charge on any atom is -0.270 e. The van der Waals surface area contributed by atoms with Gasteiger partial charge in [0.1, 0.15) is 5.54 Å². The Morgan fingerprint density at radius 2 is 1.59 bits per heavy atom. The fraction of sp³-hybridized carbons (Fsp3) is 0.273. The number of fused-ring (bicyclic) bond motifs is 1. The molecule has 0 atom stereocenters. The van der Waals surface area contributed by atoms with E-state index in [1.807, 2.05) is 24.3 Å². The van der Waals surface area contributed by atoms with Crippen LogP contribution >= 0.6 is 23.6 Å². The Labute approximate surface area is 108 Å². The number of hydrogen-bond acceptors (Lipinski definition) is 2. The number of carbonyl (C=O) groups excluding carboxylic acids is 2. The molecule has 0 unspecified atom stereocenters. The van der Waals surface area contributed by atoms with Crippen molar-refractivity contribution in [1.29, 1.82) is 0 Å². The monoisotopic (exact) mass is 270 g/mol. The van der Waals surface area contributed by atoms with Crippen molar-refractivity contribution in [3.05, 3.63) is 35.4 Å². The van der Waals surface area contributed by atoms with E-state index in [2.05, 4.69) is 0 Å². The first-order valence-electron chi connectivity index (χ1n) is 5.13. The predicted molar refractivity (Wildman–Crippen MR) is 62.4 cm³/mol. The smallest absolute Gasteiger partial charge is 0.270 e. The number of imide groups is 1. The van der Waals surface area contributed by atoms with Crippen LogP contribution in [0.2, 0.25) is 0 Å². The summed E-state index contributed by atoms with van der Waals surface area (Å²) in [5.41, 5.74) is 1.03. The quantitative estimate of drug-likeness (QED) is 0.535. The Hall–Kier alpha value is -1.26. The van der Waals surface area contributed by atoms with E-state index in [0.29, 0.717) is 17.3 Å². The van der Waals surface area contributed by atoms with E-state index >= 15 is 0 Å². The van der Waals surface area contributed by atoms with Crippen LogP contribution in [-0.4, -0.2) is 26.3 Å². The molecule has 0 aromatic heterocycles. The van der Waals surface area contributed by atoms with Crippen molar-refractivity contribution in [1.82, 2.24) is 8.84 Å². The number of amides is 3. The van der Waals surface area contributed by atoms with E-state index in [0.717, 1.165) is 15.5 Å². The van der Waals surface area contributed by atoms with Crippen LogP contribution in [-0.2, 0) is 17.6 Å². The highest BCUT2D eigenvalue weighted by atomic mass is 35.5. The Kier molecular flexibility index (Phi) is 2.15. The first-order chi connectivity index (χ1) is 8.06. The number of halogens is 2. The molecule has 1 aromatic rings. The molecule has 3 amide bonds. The second kappa shape index (κ2) is 3.37. The zero-order valence-corrected chi connectivity index (χ0v) is 10.2. The summed E-state index contributed by atoms with van der Waals surface area (Å²) >= 11 is 11.6. The number of carbonyl (C=O) groups is 2. The summed E-state index contributed by atoms with van der Waals surface area (Å²) in [6.45, 7) is 0. The Balaban J connectivity index is 2.07. The summed E-state index contributed by atoms with van der Waals surface area (Å²) in [4.78, 5) is 23.7. The highest BCUT2D eigenvalue weighted by Crippen LogP contribution is 2.42. The summed E-state index contributed by atoms with van der Waals surface area (Å²) in [6, 6.07) is 6.99. The molecule has 0 bridgehead atoms. The van der Waals surface area contributed by atoms with Crippen LogP contribution in [0.4, 0.5) is 4.79 Å². The van der Waals surface area contributed by atoms with Crippen molar-refractivity contribution in [2.75, 3.05) is 0 Å². The average Bonchev–Trinajstić information content (AvgIpc) is 2.80. The van der Waals surface area contributed by atoms with Gasteiger partial charge in [-0.1, -0.05) is 24.3 Å². The number of nitrogens with zero attached hydrogens (tertiary/aromatic N) is 2. The van der Waals surface area contributed by atoms with Crippen LogP contribution < -0.4 is 0 Å². The molecule has 1 aliphatic carbocycles. The van der Waals surface area contributed by atoms with Gasteiger partial charge in [0.2, 0.25) is 0 Å². The minimum absolute atomic E-state index is 0.417. The van der Waals surface area contributed by atoms with Crippen molar-refractivity contribution in [2.45, 2.75) is 18.4 Å². The molecule has 0 N–H and O–H groups in total. The van der Waals surface area contributed by atoms with E-state index in [-0.39, 0.29) is 0 Å². The molecule has 0 radical (unpaired) electrons. The van der Waals surface area contributed by atoms with Gasteiger partial charge in [-0.05, 0) is 11.1 Å². The normalized spacial score (nSPS) is 21.5. The molecule has 1 spiro atoms. The van der Waals surface area contributed by atoms with Gasteiger partial charge in [-0.2, -0.15) is 4.42 Å². The standard InChI is InChI=1S/C11H8Cl2N2O2/c12-14-9(16)11(15(13)10(14)17)5-7-3-1-2-4-8(7)6-11/h1-4H,5-6H2. The van der Waals surface area contributed by atoms with E-state index in [9.17, 15) is 9.59 Å². The highest BCUT2D eigenvalue weighted by molar-refractivity contribution is 6.39. The van der Waals surface area contributed by atoms with Gasteiger partial charge in [-0.25, -0.2) is 9.21 Å². The van der Waals surface area contributed by atoms with Gasteiger partial charge >= 0.3 is 6.03 Å². The molecule has 0 saturated carbocycles. The fourth-order valence-electron chi connectivity index (χ4n) is 2.50. The van der Waals surface area contributed by atoms with Gasteiger partial charge in [0.15, 0.2) is 0 Å². The van der Waals surface area contributed by atoms with Crippen molar-refractivity contribution < 1.29 is 9.59 Å². The molecule has 1 saturated heterocycles. The number of benzene rings is 1. The van der Waals surface area contributed by atoms with Gasteiger partial charge in [0.25, 0.3) is 5.91 Å². The maximum absolute atomic E-state index is 12.1. The lowest BCUT2D eigenvalue weighted by Gasteiger charge is -2.24. The number of rotatable bonds is 0. The molecule has 1 aromatic carbocycles. The molecule has 1 aliphatic heterocycles. The SMILES string of the molecule is O=C1N(Cl)C(=O)C2(Cc3ccccc3C2)N1Cl. The molecular weight excluding hydrogens is 263 g/mol. The van der Waals surface area contributed by atoms with Gasteiger partial charge in [-0.15, -0.1) is 0 Å². The maximum atomic E-state index is 12.1. The first-order valence-corrected chi connectivity index (χ1v) is 5.81. The van der Waals surface area contributed by atoms with Crippen LogP contribution in [0.15, 0.2) is 24.3 Å². The third-order valence-electron chi connectivity index (χ3n) is 3.37. The van der Waals surface area contributed by atoms with Gasteiger partial charge in [-0.3, -0.25) is 4.79 Å². The van der Waals surface area contributed by atoms with Gasteiger partial charge in [0, 0.05) is 36.4 Å². The van der Waals surface area contributed by atoms with E-state index in [1.165, 1.54) is 0 Å². The lowest BCUT2D eigenvalue weighted by Crippen LogP contribution is -2.46. The van der Waals surface area contributed by atoms with E-state index in [4.69, 9.17) is 23.6 Å². The molecule has 1 fully saturated rings. The maximum Gasteiger partial charge on any atom is 0.357 e. The third kappa shape index (κ3) is 1.25. The molecule has 1 heterocycles. The van der Waals surface area contributed by atoms with Crippen LogP contribution in [0.25, 0.3) is 0 Å². The molecule has 6 heteroatoms.